The highest BCUT2D eigenvalue weighted by Crippen LogP contribution is 2.25. The molecule has 0 saturated carbocycles. The summed E-state index contributed by atoms with van der Waals surface area (Å²) in [5.41, 5.74) is 0.476. The van der Waals surface area contributed by atoms with Crippen LogP contribution in [0.1, 0.15) is 55.4 Å². The third kappa shape index (κ3) is 4.94. The summed E-state index contributed by atoms with van der Waals surface area (Å²) in [7, 11) is 0. The summed E-state index contributed by atoms with van der Waals surface area (Å²) in [4.78, 5) is 22.8. The molecule has 0 unspecified atom stereocenters. The van der Waals surface area contributed by atoms with Crippen molar-refractivity contribution in [3.05, 3.63) is 10.6 Å². The summed E-state index contributed by atoms with van der Waals surface area (Å²) < 4.78 is 3.83. The van der Waals surface area contributed by atoms with Gasteiger partial charge in [0.25, 0.3) is 5.91 Å². The van der Waals surface area contributed by atoms with Crippen LogP contribution in [0.15, 0.2) is 0 Å². The molecule has 1 heterocycles. The maximum absolute atomic E-state index is 12.0. The van der Waals surface area contributed by atoms with Gasteiger partial charge in [0, 0.05) is 18.4 Å². The van der Waals surface area contributed by atoms with Gasteiger partial charge in [-0.05, 0) is 24.4 Å². The molecule has 0 aromatic carbocycles. The Morgan fingerprint density at radius 3 is 2.58 bits per heavy atom. The summed E-state index contributed by atoms with van der Waals surface area (Å²) in [6, 6.07) is 0. The van der Waals surface area contributed by atoms with Crippen molar-refractivity contribution >= 4 is 23.4 Å². The van der Waals surface area contributed by atoms with Gasteiger partial charge in [-0.2, -0.15) is 0 Å². The lowest BCUT2D eigenvalue weighted by molar-refractivity contribution is -0.137. The lowest BCUT2D eigenvalue weighted by atomic mass is 9.91. The Kier molecular flexibility index (Phi) is 5.41. The number of carbonyl (C=O) groups excluding carboxylic acids is 1. The third-order valence-electron chi connectivity index (χ3n) is 2.51. The average Bonchev–Trinajstić information content (AvgIpc) is 2.76. The molecule has 0 saturated heterocycles. The van der Waals surface area contributed by atoms with E-state index in [1.165, 1.54) is 0 Å². The van der Waals surface area contributed by atoms with E-state index in [2.05, 4.69) is 14.9 Å². The molecule has 0 radical (unpaired) electrons. The highest BCUT2D eigenvalue weighted by molar-refractivity contribution is 7.08. The Morgan fingerprint density at radius 1 is 1.32 bits per heavy atom. The third-order valence-corrected chi connectivity index (χ3v) is 3.23. The van der Waals surface area contributed by atoms with Gasteiger partial charge in [-0.25, -0.2) is 0 Å². The molecule has 7 heteroatoms. The fraction of sp³-hybridized carbons (Fsp3) is 0.667. The Bertz CT molecular complexity index is 451. The minimum Gasteiger partial charge on any atom is -0.481 e. The molecule has 0 fully saturated rings. The number of hydrogen-bond acceptors (Lipinski definition) is 5. The minimum atomic E-state index is -0.812. The molecule has 0 atom stereocenters. The number of unbranched alkanes of at least 4 members (excludes halogenated alkanes) is 1. The molecule has 106 valence electrons. The summed E-state index contributed by atoms with van der Waals surface area (Å²) in [5, 5.41) is 15.3. The van der Waals surface area contributed by atoms with Crippen LogP contribution in [0.25, 0.3) is 0 Å². The van der Waals surface area contributed by atoms with Crippen LogP contribution in [0.4, 0.5) is 0 Å². The molecule has 0 bridgehead atoms. The van der Waals surface area contributed by atoms with Gasteiger partial charge in [0.2, 0.25) is 0 Å². The van der Waals surface area contributed by atoms with Gasteiger partial charge in [0.05, 0.1) is 5.69 Å². The standard InChI is InChI=1S/C12H19N3O3S/c1-12(2,3)10-9(19-15-14-10)11(18)13-7-5-4-6-8(16)17/h4-7H2,1-3H3,(H,13,18)(H,16,17). The molecular weight excluding hydrogens is 266 g/mol. The smallest absolute Gasteiger partial charge is 0.303 e. The molecule has 1 amide bonds. The second-order valence-corrected chi connectivity index (χ2v) is 6.06. The number of amides is 1. The van der Waals surface area contributed by atoms with E-state index < -0.39 is 5.97 Å². The predicted molar refractivity (Wildman–Crippen MR) is 72.4 cm³/mol. The van der Waals surface area contributed by atoms with E-state index in [0.717, 1.165) is 11.5 Å². The van der Waals surface area contributed by atoms with E-state index >= 15 is 0 Å². The summed E-state index contributed by atoms with van der Waals surface area (Å²) in [6.45, 7) is 6.40. The first-order valence-electron chi connectivity index (χ1n) is 6.15. The molecule has 6 nitrogen and oxygen atoms in total. The van der Waals surface area contributed by atoms with Gasteiger partial charge in [-0.3, -0.25) is 9.59 Å². The van der Waals surface area contributed by atoms with Gasteiger partial charge in [0.15, 0.2) is 0 Å². The molecule has 0 aliphatic carbocycles. The Labute approximate surface area is 116 Å². The van der Waals surface area contributed by atoms with Gasteiger partial charge in [-0.1, -0.05) is 25.3 Å². The monoisotopic (exact) mass is 285 g/mol. The van der Waals surface area contributed by atoms with E-state index in [1.807, 2.05) is 20.8 Å². The second kappa shape index (κ2) is 6.60. The molecule has 1 aromatic heterocycles. The summed E-state index contributed by atoms with van der Waals surface area (Å²) >= 11 is 1.09. The average molecular weight is 285 g/mol. The van der Waals surface area contributed by atoms with Crippen molar-refractivity contribution in [1.82, 2.24) is 14.9 Å². The van der Waals surface area contributed by atoms with Crippen molar-refractivity contribution in [2.45, 2.75) is 45.4 Å². The van der Waals surface area contributed by atoms with Gasteiger partial charge >= 0.3 is 5.97 Å². The molecule has 19 heavy (non-hydrogen) atoms. The number of carbonyl (C=O) groups is 2. The summed E-state index contributed by atoms with van der Waals surface area (Å²) in [6.07, 6.45) is 1.34. The highest BCUT2D eigenvalue weighted by Gasteiger charge is 2.25. The quantitative estimate of drug-likeness (QED) is 0.778. The van der Waals surface area contributed by atoms with Crippen LogP contribution in [0, 0.1) is 0 Å². The molecule has 0 spiro atoms. The van der Waals surface area contributed by atoms with Crippen molar-refractivity contribution in [1.29, 1.82) is 0 Å². The molecule has 0 aliphatic heterocycles. The molecule has 0 aliphatic rings. The zero-order valence-corrected chi connectivity index (χ0v) is 12.2. The number of carboxylic acid groups (broad SMARTS) is 1. The SMILES string of the molecule is CC(C)(C)c1nnsc1C(=O)NCCCCC(=O)O. The number of carboxylic acids is 1. The molecular formula is C12H19N3O3S. The number of aliphatic carboxylic acids is 1. The zero-order chi connectivity index (χ0) is 14.5. The van der Waals surface area contributed by atoms with Crippen LogP contribution in [0.5, 0.6) is 0 Å². The normalized spacial score (nSPS) is 11.3. The maximum atomic E-state index is 12.0. The predicted octanol–water partition coefficient (Wildman–Crippen LogP) is 1.82. The number of nitrogens with one attached hydrogen (secondary N) is 1. The fourth-order valence-corrected chi connectivity index (χ4v) is 2.31. The van der Waals surface area contributed by atoms with Gasteiger partial charge in [0.1, 0.15) is 4.88 Å². The highest BCUT2D eigenvalue weighted by atomic mass is 32.1. The largest absolute Gasteiger partial charge is 0.481 e. The van der Waals surface area contributed by atoms with Crippen molar-refractivity contribution in [3.63, 3.8) is 0 Å². The number of hydrogen-bond donors (Lipinski definition) is 2. The van der Waals surface area contributed by atoms with Crippen LogP contribution in [0.3, 0.4) is 0 Å². The van der Waals surface area contributed by atoms with Crippen LogP contribution >= 0.6 is 11.5 Å². The van der Waals surface area contributed by atoms with Crippen molar-refractivity contribution in [2.75, 3.05) is 6.54 Å². The van der Waals surface area contributed by atoms with E-state index in [9.17, 15) is 9.59 Å². The Hall–Kier alpha value is -1.50. The second-order valence-electron chi connectivity index (χ2n) is 5.31. The Balaban J connectivity index is 2.46. The molecule has 1 aromatic rings. The molecule has 2 N–H and O–H groups in total. The molecule has 1 rings (SSSR count). The van der Waals surface area contributed by atoms with Crippen LogP contribution in [-0.4, -0.2) is 33.1 Å². The zero-order valence-electron chi connectivity index (χ0n) is 11.4. The van der Waals surface area contributed by atoms with E-state index in [-0.39, 0.29) is 17.7 Å². The first-order valence-corrected chi connectivity index (χ1v) is 6.92. The van der Waals surface area contributed by atoms with Crippen LogP contribution < -0.4 is 5.32 Å². The van der Waals surface area contributed by atoms with Crippen LogP contribution in [-0.2, 0) is 10.2 Å². The van der Waals surface area contributed by atoms with E-state index in [1.54, 1.807) is 0 Å². The first-order chi connectivity index (χ1) is 8.82. The number of aromatic nitrogens is 2. The Morgan fingerprint density at radius 2 is 2.00 bits per heavy atom. The van der Waals surface area contributed by atoms with E-state index in [0.29, 0.717) is 30.0 Å². The minimum absolute atomic E-state index is 0.130. The van der Waals surface area contributed by atoms with Gasteiger partial charge in [-0.15, -0.1) is 5.10 Å². The maximum Gasteiger partial charge on any atom is 0.303 e. The van der Waals surface area contributed by atoms with Gasteiger partial charge < -0.3 is 10.4 Å². The van der Waals surface area contributed by atoms with Crippen LogP contribution in [0.2, 0.25) is 0 Å². The summed E-state index contributed by atoms with van der Waals surface area (Å²) in [5.74, 6) is -0.997. The van der Waals surface area contributed by atoms with Crippen molar-refractivity contribution in [2.24, 2.45) is 0 Å². The number of nitrogens with zero attached hydrogens (tertiary/aromatic N) is 2. The lowest BCUT2D eigenvalue weighted by Gasteiger charge is -2.16. The topological polar surface area (TPSA) is 92.2 Å². The van der Waals surface area contributed by atoms with Crippen molar-refractivity contribution < 1.29 is 14.7 Å². The fourth-order valence-electron chi connectivity index (χ4n) is 1.51. The first kappa shape index (κ1) is 15.6. The number of rotatable bonds is 6. The van der Waals surface area contributed by atoms with E-state index in [4.69, 9.17) is 5.11 Å². The van der Waals surface area contributed by atoms with Crippen molar-refractivity contribution in [3.8, 4) is 0 Å². The lowest BCUT2D eigenvalue weighted by Crippen LogP contribution is -2.27.